The third-order valence-electron chi connectivity index (χ3n) is 3.34. The molecule has 0 bridgehead atoms. The minimum atomic E-state index is -4.26. The summed E-state index contributed by atoms with van der Waals surface area (Å²) in [5.74, 6) is 0.190. The van der Waals surface area contributed by atoms with Crippen LogP contribution in [0.1, 0.15) is 29.9 Å². The molecular formula is C13H17F3N2. The fourth-order valence-electron chi connectivity index (χ4n) is 2.36. The first-order chi connectivity index (χ1) is 8.52. The molecule has 0 saturated heterocycles. The molecule has 5 heteroatoms. The van der Waals surface area contributed by atoms with Gasteiger partial charge in [0.2, 0.25) is 0 Å². The first-order valence-corrected chi connectivity index (χ1v) is 6.12. The van der Waals surface area contributed by atoms with E-state index < -0.39 is 11.7 Å². The van der Waals surface area contributed by atoms with Crippen LogP contribution in [-0.4, -0.2) is 20.1 Å². The topological polar surface area (TPSA) is 24.1 Å². The summed E-state index contributed by atoms with van der Waals surface area (Å²) in [6, 6.07) is 3.97. The molecule has 0 aromatic heterocycles. The third-order valence-corrected chi connectivity index (χ3v) is 3.34. The van der Waals surface area contributed by atoms with Crippen molar-refractivity contribution in [1.29, 1.82) is 0 Å². The molecule has 18 heavy (non-hydrogen) atoms. The smallest absolute Gasteiger partial charge is 0.384 e. The SMILES string of the molecule is CNCCCC1CNc2ccc(C(F)(F)F)cc21. The van der Waals surface area contributed by atoms with E-state index in [1.54, 1.807) is 0 Å². The van der Waals surface area contributed by atoms with Crippen molar-refractivity contribution in [1.82, 2.24) is 5.32 Å². The quantitative estimate of drug-likeness (QED) is 0.810. The summed E-state index contributed by atoms with van der Waals surface area (Å²) in [5.41, 5.74) is 1.10. The maximum absolute atomic E-state index is 12.7. The van der Waals surface area contributed by atoms with Crippen molar-refractivity contribution >= 4 is 5.69 Å². The summed E-state index contributed by atoms with van der Waals surface area (Å²) in [4.78, 5) is 0. The lowest BCUT2D eigenvalue weighted by Gasteiger charge is -2.12. The van der Waals surface area contributed by atoms with E-state index >= 15 is 0 Å². The van der Waals surface area contributed by atoms with Gasteiger partial charge in [-0.15, -0.1) is 0 Å². The minimum absolute atomic E-state index is 0.190. The molecule has 0 amide bonds. The lowest BCUT2D eigenvalue weighted by Crippen LogP contribution is -2.10. The van der Waals surface area contributed by atoms with Gasteiger partial charge in [0.1, 0.15) is 0 Å². The fourth-order valence-corrected chi connectivity index (χ4v) is 2.36. The van der Waals surface area contributed by atoms with Gasteiger partial charge in [0.15, 0.2) is 0 Å². The van der Waals surface area contributed by atoms with E-state index in [-0.39, 0.29) is 5.92 Å². The Morgan fingerprint density at radius 1 is 1.39 bits per heavy atom. The van der Waals surface area contributed by atoms with Crippen LogP contribution in [0, 0.1) is 0 Å². The molecule has 0 fully saturated rings. The molecular weight excluding hydrogens is 241 g/mol. The zero-order valence-electron chi connectivity index (χ0n) is 10.3. The van der Waals surface area contributed by atoms with Gasteiger partial charge in [-0.2, -0.15) is 13.2 Å². The highest BCUT2D eigenvalue weighted by molar-refractivity contribution is 5.59. The Hall–Kier alpha value is -1.23. The number of hydrogen-bond acceptors (Lipinski definition) is 2. The van der Waals surface area contributed by atoms with E-state index in [0.29, 0.717) is 0 Å². The molecule has 1 unspecified atom stereocenters. The first-order valence-electron chi connectivity index (χ1n) is 6.12. The second-order valence-corrected chi connectivity index (χ2v) is 4.62. The Balaban J connectivity index is 2.15. The van der Waals surface area contributed by atoms with Crippen LogP contribution in [0.15, 0.2) is 18.2 Å². The van der Waals surface area contributed by atoms with E-state index in [1.165, 1.54) is 12.1 Å². The van der Waals surface area contributed by atoms with E-state index in [1.807, 2.05) is 7.05 Å². The maximum atomic E-state index is 12.7. The lowest BCUT2D eigenvalue weighted by molar-refractivity contribution is -0.137. The van der Waals surface area contributed by atoms with Crippen LogP contribution in [0.5, 0.6) is 0 Å². The molecule has 100 valence electrons. The normalized spacial score (nSPS) is 18.6. The van der Waals surface area contributed by atoms with Gasteiger partial charge in [-0.3, -0.25) is 0 Å². The fraction of sp³-hybridized carbons (Fsp3) is 0.538. The van der Waals surface area contributed by atoms with Gasteiger partial charge in [0.25, 0.3) is 0 Å². The van der Waals surface area contributed by atoms with Gasteiger partial charge in [-0.1, -0.05) is 0 Å². The van der Waals surface area contributed by atoms with Crippen molar-refractivity contribution in [2.75, 3.05) is 25.5 Å². The summed E-state index contributed by atoms with van der Waals surface area (Å²) in [5, 5.41) is 6.22. The number of alkyl halides is 3. The first kappa shape index (κ1) is 13.2. The van der Waals surface area contributed by atoms with E-state index in [0.717, 1.165) is 43.2 Å². The minimum Gasteiger partial charge on any atom is -0.384 e. The molecule has 2 rings (SSSR count). The second kappa shape index (κ2) is 5.18. The number of nitrogens with one attached hydrogen (secondary N) is 2. The van der Waals surface area contributed by atoms with Gasteiger partial charge >= 0.3 is 6.18 Å². The highest BCUT2D eigenvalue weighted by Gasteiger charge is 2.33. The number of fused-ring (bicyclic) bond motifs is 1. The van der Waals surface area contributed by atoms with Crippen molar-refractivity contribution in [2.24, 2.45) is 0 Å². The Morgan fingerprint density at radius 2 is 2.17 bits per heavy atom. The number of halogens is 3. The van der Waals surface area contributed by atoms with Gasteiger partial charge in [0, 0.05) is 18.2 Å². The number of benzene rings is 1. The van der Waals surface area contributed by atoms with Crippen LogP contribution in [-0.2, 0) is 6.18 Å². The van der Waals surface area contributed by atoms with Crippen molar-refractivity contribution in [2.45, 2.75) is 24.9 Å². The Kier molecular flexibility index (Phi) is 3.80. The molecule has 1 aliphatic rings. The summed E-state index contributed by atoms with van der Waals surface area (Å²) in [7, 11) is 1.88. The number of anilines is 1. The summed E-state index contributed by atoms with van der Waals surface area (Å²) >= 11 is 0. The van der Waals surface area contributed by atoms with Crippen molar-refractivity contribution in [3.63, 3.8) is 0 Å². The molecule has 2 nitrogen and oxygen atoms in total. The molecule has 0 spiro atoms. The molecule has 0 aliphatic carbocycles. The molecule has 1 aliphatic heterocycles. The van der Waals surface area contributed by atoms with Gasteiger partial charge in [-0.05, 0) is 50.2 Å². The predicted molar refractivity (Wildman–Crippen MR) is 65.8 cm³/mol. The second-order valence-electron chi connectivity index (χ2n) is 4.62. The van der Waals surface area contributed by atoms with E-state index in [4.69, 9.17) is 0 Å². The zero-order valence-corrected chi connectivity index (χ0v) is 10.3. The molecule has 1 aromatic carbocycles. The zero-order chi connectivity index (χ0) is 13.2. The standard InChI is InChI=1S/C13H17F3N2/c1-17-6-2-3-9-8-18-12-5-4-10(7-11(9)12)13(14,15)16/h4-5,7,9,17-18H,2-3,6,8H2,1H3. The molecule has 0 radical (unpaired) electrons. The van der Waals surface area contributed by atoms with Crippen LogP contribution >= 0.6 is 0 Å². The number of rotatable bonds is 4. The van der Waals surface area contributed by atoms with Gasteiger partial charge in [0.05, 0.1) is 5.56 Å². The van der Waals surface area contributed by atoms with Crippen LogP contribution in [0.2, 0.25) is 0 Å². The molecule has 1 aromatic rings. The summed E-state index contributed by atoms with van der Waals surface area (Å²) in [6.07, 6.45) is -2.38. The van der Waals surface area contributed by atoms with Gasteiger partial charge < -0.3 is 10.6 Å². The summed E-state index contributed by atoms with van der Waals surface area (Å²) in [6.45, 7) is 1.63. The molecule has 2 N–H and O–H groups in total. The van der Waals surface area contributed by atoms with E-state index in [9.17, 15) is 13.2 Å². The predicted octanol–water partition coefficient (Wildman–Crippen LogP) is 3.21. The van der Waals surface area contributed by atoms with E-state index in [2.05, 4.69) is 10.6 Å². The Labute approximate surface area is 105 Å². The van der Waals surface area contributed by atoms with Crippen LogP contribution < -0.4 is 10.6 Å². The van der Waals surface area contributed by atoms with Crippen molar-refractivity contribution in [3.05, 3.63) is 29.3 Å². The Bertz CT molecular complexity index is 415. The van der Waals surface area contributed by atoms with Crippen LogP contribution in [0.25, 0.3) is 0 Å². The maximum Gasteiger partial charge on any atom is 0.416 e. The summed E-state index contributed by atoms with van der Waals surface area (Å²) < 4.78 is 38.0. The van der Waals surface area contributed by atoms with Crippen LogP contribution in [0.4, 0.5) is 18.9 Å². The molecule has 1 atom stereocenters. The monoisotopic (exact) mass is 258 g/mol. The van der Waals surface area contributed by atoms with Gasteiger partial charge in [-0.25, -0.2) is 0 Å². The highest BCUT2D eigenvalue weighted by atomic mass is 19.4. The number of hydrogen-bond donors (Lipinski definition) is 2. The lowest BCUT2D eigenvalue weighted by atomic mass is 9.94. The largest absolute Gasteiger partial charge is 0.416 e. The molecule has 0 saturated carbocycles. The average Bonchev–Trinajstić information content (AvgIpc) is 2.71. The Morgan fingerprint density at radius 3 is 2.83 bits per heavy atom. The third kappa shape index (κ3) is 2.77. The van der Waals surface area contributed by atoms with Crippen molar-refractivity contribution in [3.8, 4) is 0 Å². The van der Waals surface area contributed by atoms with Crippen LogP contribution in [0.3, 0.4) is 0 Å². The molecule has 1 heterocycles. The average molecular weight is 258 g/mol. The highest BCUT2D eigenvalue weighted by Crippen LogP contribution is 2.38. The van der Waals surface area contributed by atoms with Crippen molar-refractivity contribution < 1.29 is 13.2 Å².